The van der Waals surface area contributed by atoms with Gasteiger partial charge in [0.05, 0.1) is 11.9 Å². The van der Waals surface area contributed by atoms with Crippen LogP contribution in [0.15, 0.2) is 17.3 Å². The first kappa shape index (κ1) is 5.35. The minimum Gasteiger partial charge on any atom is -0.351 e. The summed E-state index contributed by atoms with van der Waals surface area (Å²) in [5.41, 5.74) is 0. The highest BCUT2D eigenvalue weighted by molar-refractivity contribution is 5.81. The van der Waals surface area contributed by atoms with Crippen LogP contribution in [0.25, 0.3) is 0 Å². The van der Waals surface area contributed by atoms with Gasteiger partial charge in [-0.3, -0.25) is 4.99 Å². The van der Waals surface area contributed by atoms with Crippen molar-refractivity contribution in [1.82, 2.24) is 5.32 Å². The zero-order chi connectivity index (χ0) is 5.98. The fourth-order valence-electron chi connectivity index (χ4n) is 0.694. The molecule has 0 aromatic heterocycles. The summed E-state index contributed by atoms with van der Waals surface area (Å²) >= 11 is 0. The summed E-state index contributed by atoms with van der Waals surface area (Å²) in [5, 5.41) is 2.98. The third kappa shape index (κ3) is 1.09. The third-order valence-electron chi connectivity index (χ3n) is 1.06. The Kier molecular flexibility index (Phi) is 1.33. The molecule has 0 radical (unpaired) electrons. The first-order valence-electron chi connectivity index (χ1n) is 2.76. The summed E-state index contributed by atoms with van der Waals surface area (Å²) in [6.45, 7) is 4.01. The molecule has 1 rings (SSSR count). The molecule has 1 heterocycles. The molecular formula is C6H10N2. The number of nitrogens with one attached hydrogen (secondary N) is 1. The predicted octanol–water partition coefficient (Wildman–Crippen LogP) is 0.910. The number of hydrogen-bond acceptors (Lipinski definition) is 2. The van der Waals surface area contributed by atoms with Gasteiger partial charge in [-0.1, -0.05) is 0 Å². The first-order valence-corrected chi connectivity index (χ1v) is 2.76. The maximum absolute atomic E-state index is 4.20. The Morgan fingerprint density at radius 2 is 2.50 bits per heavy atom. The zero-order valence-corrected chi connectivity index (χ0v) is 5.18. The highest BCUT2D eigenvalue weighted by Crippen LogP contribution is 1.95. The van der Waals surface area contributed by atoms with Crippen molar-refractivity contribution in [3.05, 3.63) is 12.3 Å². The fourth-order valence-corrected chi connectivity index (χ4v) is 0.694. The van der Waals surface area contributed by atoms with E-state index in [1.807, 2.05) is 19.2 Å². The van der Waals surface area contributed by atoms with Gasteiger partial charge in [-0.25, -0.2) is 0 Å². The Hall–Kier alpha value is -0.790. The minimum absolute atomic E-state index is 0.358. The monoisotopic (exact) mass is 110 g/mol. The van der Waals surface area contributed by atoms with Gasteiger partial charge >= 0.3 is 0 Å². The molecule has 0 saturated carbocycles. The molecule has 1 atom stereocenters. The van der Waals surface area contributed by atoms with Crippen molar-refractivity contribution in [2.45, 2.75) is 19.9 Å². The van der Waals surface area contributed by atoms with E-state index in [1.54, 1.807) is 0 Å². The maximum Gasteiger partial charge on any atom is 0.0978 e. The van der Waals surface area contributed by atoms with Crippen molar-refractivity contribution >= 4 is 5.84 Å². The summed E-state index contributed by atoms with van der Waals surface area (Å²) in [6.07, 6.45) is 3.94. The van der Waals surface area contributed by atoms with Crippen molar-refractivity contribution in [3.63, 3.8) is 0 Å². The van der Waals surface area contributed by atoms with Crippen molar-refractivity contribution < 1.29 is 0 Å². The molecule has 0 aromatic carbocycles. The van der Waals surface area contributed by atoms with E-state index in [0.717, 1.165) is 5.84 Å². The Morgan fingerprint density at radius 1 is 1.75 bits per heavy atom. The van der Waals surface area contributed by atoms with Gasteiger partial charge in [0.15, 0.2) is 0 Å². The molecule has 8 heavy (non-hydrogen) atoms. The second-order valence-corrected chi connectivity index (χ2v) is 1.96. The van der Waals surface area contributed by atoms with Crippen LogP contribution in [0.3, 0.4) is 0 Å². The van der Waals surface area contributed by atoms with Gasteiger partial charge in [0.1, 0.15) is 0 Å². The van der Waals surface area contributed by atoms with Gasteiger partial charge in [0, 0.05) is 6.20 Å². The normalized spacial score (nSPS) is 26.8. The molecule has 0 aromatic rings. The van der Waals surface area contributed by atoms with Gasteiger partial charge in [-0.2, -0.15) is 0 Å². The highest BCUT2D eigenvalue weighted by atomic mass is 15.0. The standard InChI is InChI=1S/C6H10N2/c1-5-3-4-7-6(2)8-5/h3-5H,1-2H3,(H,7,8). The van der Waals surface area contributed by atoms with Crippen LogP contribution in [0.4, 0.5) is 0 Å². The molecule has 0 amide bonds. The van der Waals surface area contributed by atoms with E-state index in [0.29, 0.717) is 6.04 Å². The third-order valence-corrected chi connectivity index (χ3v) is 1.06. The number of rotatable bonds is 0. The summed E-state index contributed by atoms with van der Waals surface area (Å²) in [6, 6.07) is 0.358. The molecule has 2 nitrogen and oxygen atoms in total. The Balaban J connectivity index is 2.60. The number of hydrogen-bond donors (Lipinski definition) is 1. The van der Waals surface area contributed by atoms with E-state index in [9.17, 15) is 0 Å². The van der Waals surface area contributed by atoms with Crippen LogP contribution in [0, 0.1) is 0 Å². The molecule has 0 bridgehead atoms. The minimum atomic E-state index is 0.358. The van der Waals surface area contributed by atoms with Crippen molar-refractivity contribution in [3.8, 4) is 0 Å². The molecular weight excluding hydrogens is 100 g/mol. The number of aliphatic imine (C=N–C) groups is 1. The van der Waals surface area contributed by atoms with Gasteiger partial charge in [0.25, 0.3) is 0 Å². The molecule has 0 aliphatic carbocycles. The molecule has 1 unspecified atom stereocenters. The van der Waals surface area contributed by atoms with Gasteiger partial charge in [0.2, 0.25) is 0 Å². The van der Waals surface area contributed by atoms with E-state index in [-0.39, 0.29) is 0 Å². The molecule has 44 valence electrons. The molecule has 2 heteroatoms. The van der Waals surface area contributed by atoms with Crippen molar-refractivity contribution in [1.29, 1.82) is 0 Å². The van der Waals surface area contributed by atoms with Crippen LogP contribution < -0.4 is 5.32 Å². The van der Waals surface area contributed by atoms with Crippen LogP contribution in [0.1, 0.15) is 13.8 Å². The quantitative estimate of drug-likeness (QED) is 0.492. The maximum atomic E-state index is 4.20. The Labute approximate surface area is 49.3 Å². The summed E-state index contributed by atoms with van der Waals surface area (Å²) < 4.78 is 0. The van der Waals surface area contributed by atoms with E-state index in [1.165, 1.54) is 0 Å². The SMILES string of the molecule is CC1=NC(C)C=CN1. The zero-order valence-electron chi connectivity index (χ0n) is 5.18. The van der Waals surface area contributed by atoms with Crippen LogP contribution in [0.5, 0.6) is 0 Å². The molecule has 0 spiro atoms. The molecule has 0 saturated heterocycles. The van der Waals surface area contributed by atoms with Gasteiger partial charge in [-0.05, 0) is 19.9 Å². The lowest BCUT2D eigenvalue weighted by Gasteiger charge is -2.08. The lowest BCUT2D eigenvalue weighted by atomic mass is 10.3. The Morgan fingerprint density at radius 3 is 2.88 bits per heavy atom. The second kappa shape index (κ2) is 1.99. The largest absolute Gasteiger partial charge is 0.351 e. The summed E-state index contributed by atoms with van der Waals surface area (Å²) in [4.78, 5) is 4.20. The Bertz CT molecular complexity index is 135. The lowest BCUT2D eigenvalue weighted by Crippen LogP contribution is -2.19. The predicted molar refractivity (Wildman–Crippen MR) is 34.8 cm³/mol. The van der Waals surface area contributed by atoms with Crippen LogP contribution >= 0.6 is 0 Å². The highest BCUT2D eigenvalue weighted by Gasteiger charge is 1.97. The average Bonchev–Trinajstić information content (AvgIpc) is 1.64. The topological polar surface area (TPSA) is 24.4 Å². The van der Waals surface area contributed by atoms with Crippen LogP contribution in [-0.4, -0.2) is 11.9 Å². The molecule has 1 N–H and O–H groups in total. The van der Waals surface area contributed by atoms with Crippen LogP contribution in [-0.2, 0) is 0 Å². The summed E-state index contributed by atoms with van der Waals surface area (Å²) in [7, 11) is 0. The first-order chi connectivity index (χ1) is 3.79. The van der Waals surface area contributed by atoms with Crippen molar-refractivity contribution in [2.24, 2.45) is 4.99 Å². The van der Waals surface area contributed by atoms with E-state index < -0.39 is 0 Å². The molecule has 0 fully saturated rings. The van der Waals surface area contributed by atoms with Gasteiger partial charge in [-0.15, -0.1) is 0 Å². The number of amidine groups is 1. The average molecular weight is 110 g/mol. The summed E-state index contributed by atoms with van der Waals surface area (Å²) in [5.74, 6) is 1.00. The van der Waals surface area contributed by atoms with E-state index >= 15 is 0 Å². The molecule has 1 aliphatic heterocycles. The number of nitrogens with zero attached hydrogens (tertiary/aromatic N) is 1. The lowest BCUT2D eigenvalue weighted by molar-refractivity contribution is 0.882. The second-order valence-electron chi connectivity index (χ2n) is 1.96. The fraction of sp³-hybridized carbons (Fsp3) is 0.500. The van der Waals surface area contributed by atoms with Crippen LogP contribution in [0.2, 0.25) is 0 Å². The van der Waals surface area contributed by atoms with E-state index in [4.69, 9.17) is 0 Å². The van der Waals surface area contributed by atoms with Crippen molar-refractivity contribution in [2.75, 3.05) is 0 Å². The smallest absolute Gasteiger partial charge is 0.0978 e. The van der Waals surface area contributed by atoms with E-state index in [2.05, 4.69) is 17.2 Å². The molecule has 1 aliphatic rings. The van der Waals surface area contributed by atoms with Gasteiger partial charge < -0.3 is 5.32 Å².